The molecule has 0 radical (unpaired) electrons. The zero-order valence-electron chi connectivity index (χ0n) is 9.66. The molecule has 0 aliphatic heterocycles. The van der Waals surface area contributed by atoms with Gasteiger partial charge in [0.2, 0.25) is 0 Å². The molecule has 2 rings (SSSR count). The number of hydrogen-bond acceptors (Lipinski definition) is 3. The van der Waals surface area contributed by atoms with E-state index >= 15 is 0 Å². The molecule has 0 saturated heterocycles. The van der Waals surface area contributed by atoms with Crippen LogP contribution in [0.15, 0.2) is 23.1 Å². The summed E-state index contributed by atoms with van der Waals surface area (Å²) < 4.78 is 24.2. The third kappa shape index (κ3) is 2.44. The maximum Gasteiger partial charge on any atom is 0.180 e. The summed E-state index contributed by atoms with van der Waals surface area (Å²) in [7, 11) is -3.23. The molecule has 4 heteroatoms. The first kappa shape index (κ1) is 11.6. The summed E-state index contributed by atoms with van der Waals surface area (Å²) in [6.07, 6.45) is 1.63. The lowest BCUT2D eigenvalue weighted by atomic mass is 10.2. The molecule has 0 aromatic heterocycles. The summed E-state index contributed by atoms with van der Waals surface area (Å²) in [5.41, 5.74) is 7.35. The number of rotatable bonds is 3. The van der Waals surface area contributed by atoms with Crippen LogP contribution in [0.25, 0.3) is 0 Å². The van der Waals surface area contributed by atoms with Gasteiger partial charge in [-0.1, -0.05) is 6.07 Å². The van der Waals surface area contributed by atoms with Crippen molar-refractivity contribution < 1.29 is 8.42 Å². The monoisotopic (exact) mass is 239 g/mol. The highest BCUT2D eigenvalue weighted by molar-refractivity contribution is 7.91. The van der Waals surface area contributed by atoms with Crippen LogP contribution in [-0.4, -0.2) is 19.7 Å². The Morgan fingerprint density at radius 3 is 2.12 bits per heavy atom. The van der Waals surface area contributed by atoms with Crippen LogP contribution in [0, 0.1) is 13.8 Å². The van der Waals surface area contributed by atoms with Gasteiger partial charge < -0.3 is 5.73 Å². The minimum Gasteiger partial charge on any atom is -0.324 e. The van der Waals surface area contributed by atoms with E-state index in [1.165, 1.54) is 0 Å². The van der Waals surface area contributed by atoms with Gasteiger partial charge in [-0.15, -0.1) is 0 Å². The molecular formula is C12H17NO2S. The lowest BCUT2D eigenvalue weighted by molar-refractivity contribution is 0.585. The third-order valence-corrected chi connectivity index (χ3v) is 4.83. The fourth-order valence-corrected chi connectivity index (χ4v) is 3.82. The van der Waals surface area contributed by atoms with Gasteiger partial charge in [0.15, 0.2) is 9.84 Å². The minimum absolute atomic E-state index is 0.0723. The molecule has 1 aromatic carbocycles. The van der Waals surface area contributed by atoms with Crippen molar-refractivity contribution >= 4 is 9.84 Å². The molecule has 1 aromatic rings. The van der Waals surface area contributed by atoms with Crippen molar-refractivity contribution in [1.29, 1.82) is 0 Å². The van der Waals surface area contributed by atoms with Crippen LogP contribution < -0.4 is 5.73 Å². The first-order valence-corrected chi connectivity index (χ1v) is 7.06. The Bertz CT molecular complexity index is 496. The number of aryl methyl sites for hydroxylation is 2. The fraction of sp³-hybridized carbons (Fsp3) is 0.500. The smallest absolute Gasteiger partial charge is 0.180 e. The van der Waals surface area contributed by atoms with Crippen molar-refractivity contribution in [2.24, 2.45) is 5.73 Å². The Balaban J connectivity index is 2.35. The highest BCUT2D eigenvalue weighted by Gasteiger charge is 2.42. The molecule has 0 unspecified atom stereocenters. The van der Waals surface area contributed by atoms with Gasteiger partial charge in [-0.05, 0) is 49.9 Å². The maximum atomic E-state index is 12.1. The Morgan fingerprint density at radius 1 is 1.19 bits per heavy atom. The molecule has 0 bridgehead atoms. The van der Waals surface area contributed by atoms with E-state index in [4.69, 9.17) is 5.73 Å². The van der Waals surface area contributed by atoms with E-state index in [9.17, 15) is 8.42 Å². The number of nitrogens with two attached hydrogens (primary N) is 1. The van der Waals surface area contributed by atoms with Crippen LogP contribution in [0.2, 0.25) is 0 Å². The Morgan fingerprint density at radius 2 is 1.69 bits per heavy atom. The van der Waals surface area contributed by atoms with Crippen molar-refractivity contribution in [2.75, 3.05) is 5.75 Å². The van der Waals surface area contributed by atoms with Crippen LogP contribution in [0.1, 0.15) is 24.0 Å². The average Bonchev–Trinajstić information content (AvgIpc) is 2.80. The summed E-state index contributed by atoms with van der Waals surface area (Å²) in [6, 6.07) is 5.40. The number of hydrogen-bond donors (Lipinski definition) is 1. The summed E-state index contributed by atoms with van der Waals surface area (Å²) in [4.78, 5) is 0.404. The van der Waals surface area contributed by atoms with E-state index < -0.39 is 15.4 Å². The molecule has 1 aliphatic rings. The summed E-state index contributed by atoms with van der Waals surface area (Å²) in [6.45, 7) is 3.81. The summed E-state index contributed by atoms with van der Waals surface area (Å²) in [5.74, 6) is 0.0723. The van der Waals surface area contributed by atoms with E-state index in [1.54, 1.807) is 12.1 Å². The van der Waals surface area contributed by atoms with Crippen molar-refractivity contribution in [3.8, 4) is 0 Å². The van der Waals surface area contributed by atoms with Gasteiger partial charge >= 0.3 is 0 Å². The van der Waals surface area contributed by atoms with Crippen molar-refractivity contribution in [1.82, 2.24) is 0 Å². The number of sulfone groups is 1. The molecule has 0 heterocycles. The molecule has 1 fully saturated rings. The Hall–Kier alpha value is -0.870. The maximum absolute atomic E-state index is 12.1. The van der Waals surface area contributed by atoms with E-state index in [0.717, 1.165) is 24.0 Å². The van der Waals surface area contributed by atoms with Gasteiger partial charge in [0.25, 0.3) is 0 Å². The second-order valence-electron chi connectivity index (χ2n) is 4.94. The van der Waals surface area contributed by atoms with Gasteiger partial charge in [0, 0.05) is 5.54 Å². The average molecular weight is 239 g/mol. The van der Waals surface area contributed by atoms with E-state index in [0.29, 0.717) is 4.90 Å². The van der Waals surface area contributed by atoms with Gasteiger partial charge in [0.1, 0.15) is 0 Å². The van der Waals surface area contributed by atoms with Crippen LogP contribution >= 0.6 is 0 Å². The number of benzene rings is 1. The molecule has 0 atom stereocenters. The third-order valence-electron chi connectivity index (χ3n) is 2.92. The normalized spacial score (nSPS) is 18.4. The fourth-order valence-electron chi connectivity index (χ4n) is 1.88. The minimum atomic E-state index is -3.23. The molecule has 0 amide bonds. The topological polar surface area (TPSA) is 60.2 Å². The molecule has 1 aliphatic carbocycles. The summed E-state index contributed by atoms with van der Waals surface area (Å²) >= 11 is 0. The van der Waals surface area contributed by atoms with Gasteiger partial charge in [-0.2, -0.15) is 0 Å². The van der Waals surface area contributed by atoms with E-state index in [-0.39, 0.29) is 5.75 Å². The van der Waals surface area contributed by atoms with Crippen LogP contribution in [0.5, 0.6) is 0 Å². The first-order chi connectivity index (χ1) is 7.31. The predicted molar refractivity (Wildman–Crippen MR) is 64.1 cm³/mol. The van der Waals surface area contributed by atoms with Crippen molar-refractivity contribution in [3.63, 3.8) is 0 Å². The van der Waals surface area contributed by atoms with Gasteiger partial charge in [-0.3, -0.25) is 0 Å². The largest absolute Gasteiger partial charge is 0.324 e. The zero-order chi connectivity index (χ0) is 12.0. The van der Waals surface area contributed by atoms with Crippen LogP contribution in [-0.2, 0) is 9.84 Å². The van der Waals surface area contributed by atoms with Crippen molar-refractivity contribution in [2.45, 2.75) is 37.1 Å². The molecule has 3 nitrogen and oxygen atoms in total. The molecule has 1 saturated carbocycles. The van der Waals surface area contributed by atoms with Crippen LogP contribution in [0.3, 0.4) is 0 Å². The van der Waals surface area contributed by atoms with Crippen LogP contribution in [0.4, 0.5) is 0 Å². The van der Waals surface area contributed by atoms with E-state index in [1.807, 2.05) is 19.9 Å². The zero-order valence-corrected chi connectivity index (χ0v) is 10.5. The van der Waals surface area contributed by atoms with E-state index in [2.05, 4.69) is 0 Å². The lowest BCUT2D eigenvalue weighted by Crippen LogP contribution is -2.31. The lowest BCUT2D eigenvalue weighted by Gasteiger charge is -2.11. The second kappa shape index (κ2) is 3.57. The molecule has 16 heavy (non-hydrogen) atoms. The summed E-state index contributed by atoms with van der Waals surface area (Å²) in [5, 5.41) is 0. The molecular weight excluding hydrogens is 222 g/mol. The Labute approximate surface area is 96.6 Å². The second-order valence-corrected chi connectivity index (χ2v) is 6.93. The van der Waals surface area contributed by atoms with Crippen molar-refractivity contribution in [3.05, 3.63) is 29.3 Å². The molecule has 88 valence electrons. The Kier molecular flexibility index (Phi) is 2.59. The highest BCUT2D eigenvalue weighted by atomic mass is 32.2. The molecule has 2 N–H and O–H groups in total. The van der Waals surface area contributed by atoms with Gasteiger partial charge in [-0.25, -0.2) is 8.42 Å². The SMILES string of the molecule is Cc1cc(C)cc(S(=O)(=O)CC2(N)CC2)c1. The standard InChI is InChI=1S/C12H17NO2S/c1-9-5-10(2)7-11(6-9)16(14,15)8-12(13)3-4-12/h5-7H,3-4,8,13H2,1-2H3. The molecule has 0 spiro atoms. The first-order valence-electron chi connectivity index (χ1n) is 5.41. The quantitative estimate of drug-likeness (QED) is 0.871. The predicted octanol–water partition coefficient (Wildman–Crippen LogP) is 1.57. The highest BCUT2D eigenvalue weighted by Crippen LogP contribution is 2.35. The van der Waals surface area contributed by atoms with Gasteiger partial charge in [0.05, 0.1) is 10.6 Å².